The first kappa shape index (κ1) is 25.0. The van der Waals surface area contributed by atoms with Gasteiger partial charge in [0.15, 0.2) is 0 Å². The fourth-order valence-corrected chi connectivity index (χ4v) is 3.39. The van der Waals surface area contributed by atoms with E-state index in [1.807, 2.05) is 31.2 Å². The van der Waals surface area contributed by atoms with E-state index in [4.69, 9.17) is 9.84 Å². The van der Waals surface area contributed by atoms with E-state index in [2.05, 4.69) is 17.6 Å². The second-order valence-electron chi connectivity index (χ2n) is 7.12. The highest BCUT2D eigenvalue weighted by molar-refractivity contribution is 8.00. The maximum Gasteiger partial charge on any atom is 0.331 e. The minimum absolute atomic E-state index is 0.0480. The van der Waals surface area contributed by atoms with E-state index in [-0.39, 0.29) is 16.7 Å². The molecule has 0 fully saturated rings. The van der Waals surface area contributed by atoms with E-state index in [0.717, 1.165) is 29.6 Å². The minimum Gasteiger partial charge on any atom is -0.494 e. The number of nitrogens with one attached hydrogen (secondary N) is 2. The standard InChI is InChI=1S/C24H28N2O5S/c1-4-5-14-31-20-10-6-19(7-11-20)26-23(28)17(3)32-21-12-8-18(9-13-21)25-22(27)15-16(2)24(29)30/h6-13,15,17H,4-5,14H2,1-3H3,(H,25,27)(H,26,28)(H,29,30)/b16-15+/t17-/m0/s1. The predicted octanol–water partition coefficient (Wildman–Crippen LogP) is 4.95. The Balaban J connectivity index is 1.85. The van der Waals surface area contributed by atoms with E-state index in [1.54, 1.807) is 24.3 Å². The lowest BCUT2D eigenvalue weighted by Gasteiger charge is -2.13. The van der Waals surface area contributed by atoms with Crippen LogP contribution in [0.15, 0.2) is 65.1 Å². The van der Waals surface area contributed by atoms with E-state index >= 15 is 0 Å². The molecule has 0 saturated heterocycles. The van der Waals surface area contributed by atoms with E-state index in [0.29, 0.717) is 18.0 Å². The van der Waals surface area contributed by atoms with Crippen LogP contribution >= 0.6 is 11.8 Å². The van der Waals surface area contributed by atoms with E-state index in [1.165, 1.54) is 18.7 Å². The topological polar surface area (TPSA) is 105 Å². The number of thioether (sulfide) groups is 1. The smallest absolute Gasteiger partial charge is 0.331 e. The Morgan fingerprint density at radius 3 is 2.22 bits per heavy atom. The molecule has 0 aliphatic rings. The molecule has 2 aromatic carbocycles. The lowest BCUT2D eigenvalue weighted by Crippen LogP contribution is -2.22. The third-order valence-corrected chi connectivity index (χ3v) is 5.49. The van der Waals surface area contributed by atoms with Crippen molar-refractivity contribution in [2.75, 3.05) is 17.2 Å². The van der Waals surface area contributed by atoms with Gasteiger partial charge in [-0.25, -0.2) is 4.79 Å². The predicted molar refractivity (Wildman–Crippen MR) is 127 cm³/mol. The number of anilines is 2. The molecule has 2 aromatic rings. The third-order valence-electron chi connectivity index (χ3n) is 4.38. The zero-order valence-electron chi connectivity index (χ0n) is 18.4. The Morgan fingerprint density at radius 1 is 1.03 bits per heavy atom. The number of carbonyl (C=O) groups is 3. The second-order valence-corrected chi connectivity index (χ2v) is 8.54. The summed E-state index contributed by atoms with van der Waals surface area (Å²) >= 11 is 1.39. The number of benzene rings is 2. The number of unbranched alkanes of at least 4 members (excludes halogenated alkanes) is 1. The van der Waals surface area contributed by atoms with Gasteiger partial charge in [-0.05, 0) is 68.8 Å². The molecule has 1 atom stereocenters. The number of amides is 2. The summed E-state index contributed by atoms with van der Waals surface area (Å²) in [6.07, 6.45) is 3.11. The Hall–Kier alpha value is -3.26. The van der Waals surface area contributed by atoms with Gasteiger partial charge in [0.05, 0.1) is 11.9 Å². The molecule has 8 heteroatoms. The molecule has 2 rings (SSSR count). The molecule has 0 saturated carbocycles. The van der Waals surface area contributed by atoms with Crippen LogP contribution in [-0.2, 0) is 14.4 Å². The number of carboxylic acid groups (broad SMARTS) is 1. The van der Waals surface area contributed by atoms with Crippen molar-refractivity contribution in [3.8, 4) is 5.75 Å². The van der Waals surface area contributed by atoms with Crippen molar-refractivity contribution in [2.24, 2.45) is 0 Å². The third kappa shape index (κ3) is 8.47. The second kappa shape index (κ2) is 12.6. The molecule has 170 valence electrons. The van der Waals surface area contributed by atoms with Crippen molar-refractivity contribution in [1.82, 2.24) is 0 Å². The molecule has 0 bridgehead atoms. The van der Waals surface area contributed by atoms with Crippen molar-refractivity contribution in [1.29, 1.82) is 0 Å². The lowest BCUT2D eigenvalue weighted by atomic mass is 10.2. The number of aliphatic carboxylic acids is 1. The van der Waals surface area contributed by atoms with E-state index < -0.39 is 11.9 Å². The van der Waals surface area contributed by atoms with Crippen LogP contribution in [0.25, 0.3) is 0 Å². The molecular formula is C24H28N2O5S. The molecule has 0 heterocycles. The fraction of sp³-hybridized carbons (Fsp3) is 0.292. The number of carbonyl (C=O) groups excluding carboxylic acids is 2. The van der Waals surface area contributed by atoms with Gasteiger partial charge in [0.1, 0.15) is 5.75 Å². The first-order chi connectivity index (χ1) is 15.3. The first-order valence-corrected chi connectivity index (χ1v) is 11.2. The van der Waals surface area contributed by atoms with Crippen LogP contribution in [0.5, 0.6) is 5.75 Å². The highest BCUT2D eigenvalue weighted by atomic mass is 32.2. The van der Waals surface area contributed by atoms with Gasteiger partial charge < -0.3 is 20.5 Å². The maximum atomic E-state index is 12.5. The molecule has 0 aliphatic heterocycles. The number of hydrogen-bond donors (Lipinski definition) is 3. The number of hydrogen-bond acceptors (Lipinski definition) is 5. The maximum absolute atomic E-state index is 12.5. The SMILES string of the molecule is CCCCOc1ccc(NC(=O)[C@H](C)Sc2ccc(NC(=O)/C=C(\C)C(=O)O)cc2)cc1. The highest BCUT2D eigenvalue weighted by Crippen LogP contribution is 2.26. The van der Waals surface area contributed by atoms with Crippen molar-refractivity contribution < 1.29 is 24.2 Å². The van der Waals surface area contributed by atoms with Gasteiger partial charge in [-0.3, -0.25) is 9.59 Å². The number of rotatable bonds is 11. The number of ether oxygens (including phenoxy) is 1. The molecule has 7 nitrogen and oxygen atoms in total. The first-order valence-electron chi connectivity index (χ1n) is 10.3. The molecule has 3 N–H and O–H groups in total. The highest BCUT2D eigenvalue weighted by Gasteiger charge is 2.15. The van der Waals surface area contributed by atoms with Crippen LogP contribution in [-0.4, -0.2) is 34.7 Å². The molecular weight excluding hydrogens is 428 g/mol. The Labute approximate surface area is 192 Å². The zero-order chi connectivity index (χ0) is 23.5. The molecule has 0 spiro atoms. The molecule has 0 unspecified atom stereocenters. The van der Waals surface area contributed by atoms with E-state index in [9.17, 15) is 14.4 Å². The quantitative estimate of drug-likeness (QED) is 0.251. The molecule has 32 heavy (non-hydrogen) atoms. The van der Waals surface area contributed by atoms with Gasteiger partial charge in [0, 0.05) is 27.9 Å². The Bertz CT molecular complexity index is 955. The van der Waals surface area contributed by atoms with Crippen LogP contribution in [0.4, 0.5) is 11.4 Å². The van der Waals surface area contributed by atoms with Gasteiger partial charge in [0.2, 0.25) is 11.8 Å². The summed E-state index contributed by atoms with van der Waals surface area (Å²) in [6.45, 7) is 5.95. The summed E-state index contributed by atoms with van der Waals surface area (Å²) in [5, 5.41) is 14.0. The summed E-state index contributed by atoms with van der Waals surface area (Å²) < 4.78 is 5.62. The summed E-state index contributed by atoms with van der Waals surface area (Å²) in [5.74, 6) is -1.00. The van der Waals surface area contributed by atoms with Gasteiger partial charge >= 0.3 is 5.97 Å². The zero-order valence-corrected chi connectivity index (χ0v) is 19.2. The van der Waals surface area contributed by atoms with Crippen molar-refractivity contribution >= 4 is 40.9 Å². The summed E-state index contributed by atoms with van der Waals surface area (Å²) in [4.78, 5) is 36.0. The van der Waals surface area contributed by atoms with Crippen LogP contribution in [0, 0.1) is 0 Å². The van der Waals surface area contributed by atoms with Crippen LogP contribution in [0.1, 0.15) is 33.6 Å². The molecule has 0 aromatic heterocycles. The lowest BCUT2D eigenvalue weighted by molar-refractivity contribution is -0.132. The number of carboxylic acids is 1. The summed E-state index contributed by atoms with van der Waals surface area (Å²) in [6, 6.07) is 14.3. The van der Waals surface area contributed by atoms with Gasteiger partial charge in [-0.2, -0.15) is 0 Å². The van der Waals surface area contributed by atoms with Gasteiger partial charge in [0.25, 0.3) is 0 Å². The molecule has 2 amide bonds. The summed E-state index contributed by atoms with van der Waals surface area (Å²) in [5.41, 5.74) is 1.19. The van der Waals surface area contributed by atoms with Gasteiger partial charge in [-0.1, -0.05) is 13.3 Å². The van der Waals surface area contributed by atoms with Crippen LogP contribution in [0.3, 0.4) is 0 Å². The minimum atomic E-state index is -1.14. The molecule has 0 radical (unpaired) electrons. The molecule has 0 aliphatic carbocycles. The fourth-order valence-electron chi connectivity index (χ4n) is 2.52. The normalized spacial score (nSPS) is 12.0. The largest absolute Gasteiger partial charge is 0.494 e. The Kier molecular flexibility index (Phi) is 9.81. The van der Waals surface area contributed by atoms with Crippen LogP contribution in [0.2, 0.25) is 0 Å². The van der Waals surface area contributed by atoms with Crippen molar-refractivity contribution in [3.05, 3.63) is 60.2 Å². The average molecular weight is 457 g/mol. The average Bonchev–Trinajstić information content (AvgIpc) is 2.76. The summed E-state index contributed by atoms with van der Waals surface area (Å²) in [7, 11) is 0. The van der Waals surface area contributed by atoms with Crippen molar-refractivity contribution in [3.63, 3.8) is 0 Å². The van der Waals surface area contributed by atoms with Gasteiger partial charge in [-0.15, -0.1) is 11.8 Å². The van der Waals surface area contributed by atoms with Crippen LogP contribution < -0.4 is 15.4 Å². The Morgan fingerprint density at radius 2 is 1.62 bits per heavy atom. The monoisotopic (exact) mass is 456 g/mol. The van der Waals surface area contributed by atoms with Crippen molar-refractivity contribution in [2.45, 2.75) is 43.8 Å².